The number of anilines is 1. The molecule has 1 aliphatic heterocycles. The summed E-state index contributed by atoms with van der Waals surface area (Å²) in [5.41, 5.74) is 2.83. The highest BCUT2D eigenvalue weighted by Crippen LogP contribution is 2.17. The molecule has 2 atom stereocenters. The minimum atomic E-state index is -0.305. The van der Waals surface area contributed by atoms with E-state index in [0.717, 1.165) is 5.56 Å². The first-order valence-corrected chi connectivity index (χ1v) is 8.30. The van der Waals surface area contributed by atoms with Gasteiger partial charge in [0.25, 0.3) is 0 Å². The Balaban J connectivity index is 0.00000261. The van der Waals surface area contributed by atoms with Gasteiger partial charge in [-0.1, -0.05) is 24.3 Å². The van der Waals surface area contributed by atoms with Crippen molar-refractivity contribution in [2.45, 2.75) is 25.2 Å². The number of nitriles is 1. The van der Waals surface area contributed by atoms with Gasteiger partial charge in [-0.05, 0) is 36.2 Å². The van der Waals surface area contributed by atoms with Gasteiger partial charge >= 0.3 is 0 Å². The highest BCUT2D eigenvalue weighted by molar-refractivity contribution is 5.95. The molecule has 7 heteroatoms. The van der Waals surface area contributed by atoms with E-state index >= 15 is 0 Å². The van der Waals surface area contributed by atoms with Crippen molar-refractivity contribution >= 4 is 29.7 Å². The molecular weight excluding hydrogens is 364 g/mol. The molecule has 27 heavy (non-hydrogen) atoms. The van der Waals surface area contributed by atoms with Crippen molar-refractivity contribution in [3.05, 3.63) is 71.1 Å². The van der Waals surface area contributed by atoms with Crippen LogP contribution in [0.3, 0.4) is 0 Å². The van der Waals surface area contributed by atoms with Crippen LogP contribution in [-0.4, -0.2) is 24.6 Å². The molecule has 0 bridgehead atoms. The average Bonchev–Trinajstić information content (AvgIpc) is 3.16. The van der Waals surface area contributed by atoms with E-state index in [1.54, 1.807) is 36.4 Å². The predicted octanol–water partition coefficient (Wildman–Crippen LogP) is 3.42. The third kappa shape index (κ3) is 5.54. The van der Waals surface area contributed by atoms with E-state index in [9.17, 15) is 4.79 Å². The van der Waals surface area contributed by atoms with Gasteiger partial charge in [0.1, 0.15) is 0 Å². The van der Waals surface area contributed by atoms with Gasteiger partial charge in [-0.15, -0.1) is 12.4 Å². The molecule has 1 amide bonds. The van der Waals surface area contributed by atoms with Crippen molar-refractivity contribution in [3.63, 3.8) is 0 Å². The average molecular weight is 383 g/mol. The van der Waals surface area contributed by atoms with E-state index in [2.05, 4.69) is 15.5 Å². The number of carbonyl (C=O) groups excluding carboxylic acids is 1. The molecule has 0 unspecified atom stereocenters. The minimum absolute atomic E-state index is 0. The molecule has 1 heterocycles. The molecule has 138 valence electrons. The second-order valence-electron chi connectivity index (χ2n) is 6.09. The number of benzene rings is 2. The van der Waals surface area contributed by atoms with E-state index in [1.807, 2.05) is 18.2 Å². The molecule has 2 N–H and O–H groups in total. The first-order chi connectivity index (χ1) is 12.7. The lowest BCUT2D eigenvalue weighted by molar-refractivity contribution is -0.118. The number of nitrogens with zero attached hydrogens (tertiary/aromatic N) is 2. The fraction of sp³-hybridized carbons (Fsp3) is 0.250. The zero-order chi connectivity index (χ0) is 18.4. The van der Waals surface area contributed by atoms with E-state index < -0.39 is 0 Å². The number of nitrogens with one attached hydrogen (secondary N) is 2. The highest BCUT2D eigenvalue weighted by atomic mass is 35.5. The standard InChI is InChI=1S/C20H18N4O2.ClH/c1-22-16-6-4-15(5-7-16)13-26-18-10-19(23-12-18)20(25)24-17-8-2-14(11-21)3-9-17;/h2-9,18-19,23H,10,12-13H2,(H,24,25);1H/t18-,19+;/m1./s1. The number of hydrogen-bond donors (Lipinski definition) is 2. The van der Waals surface area contributed by atoms with Gasteiger partial charge in [-0.25, -0.2) is 4.85 Å². The van der Waals surface area contributed by atoms with Crippen molar-refractivity contribution in [3.8, 4) is 6.07 Å². The summed E-state index contributed by atoms with van der Waals surface area (Å²) in [7, 11) is 0. The Labute approximate surface area is 164 Å². The number of amides is 1. The number of hydrogen-bond acceptors (Lipinski definition) is 4. The lowest BCUT2D eigenvalue weighted by Crippen LogP contribution is -2.35. The van der Waals surface area contributed by atoms with Crippen molar-refractivity contribution in [2.75, 3.05) is 11.9 Å². The van der Waals surface area contributed by atoms with Gasteiger partial charge < -0.3 is 15.4 Å². The normalized spacial score (nSPS) is 18.0. The van der Waals surface area contributed by atoms with Crippen molar-refractivity contribution in [1.82, 2.24) is 5.32 Å². The molecule has 6 nitrogen and oxygen atoms in total. The van der Waals surface area contributed by atoms with Gasteiger partial charge in [0.05, 0.1) is 37.0 Å². The fourth-order valence-corrected chi connectivity index (χ4v) is 2.77. The quantitative estimate of drug-likeness (QED) is 0.777. The second kappa shape index (κ2) is 9.70. The summed E-state index contributed by atoms with van der Waals surface area (Å²) in [5.74, 6) is -0.109. The van der Waals surface area contributed by atoms with Gasteiger partial charge in [0.2, 0.25) is 5.91 Å². The summed E-state index contributed by atoms with van der Waals surface area (Å²) < 4.78 is 5.87. The third-order valence-electron chi connectivity index (χ3n) is 4.24. The summed E-state index contributed by atoms with van der Waals surface area (Å²) in [6, 6.07) is 15.8. The predicted molar refractivity (Wildman–Crippen MR) is 105 cm³/mol. The van der Waals surface area contributed by atoms with Crippen LogP contribution in [0.2, 0.25) is 0 Å². The van der Waals surface area contributed by atoms with Crippen LogP contribution in [-0.2, 0) is 16.1 Å². The van der Waals surface area contributed by atoms with E-state index in [4.69, 9.17) is 16.6 Å². The molecule has 0 aliphatic carbocycles. The van der Waals surface area contributed by atoms with Crippen molar-refractivity contribution in [2.24, 2.45) is 0 Å². The Morgan fingerprint density at radius 2 is 1.96 bits per heavy atom. The minimum Gasteiger partial charge on any atom is -0.372 e. The molecular formula is C20H19ClN4O2. The van der Waals surface area contributed by atoms with Gasteiger partial charge in [0, 0.05) is 12.2 Å². The van der Waals surface area contributed by atoms with Crippen LogP contribution in [0.25, 0.3) is 4.85 Å². The van der Waals surface area contributed by atoms with Gasteiger partial charge in [-0.3, -0.25) is 4.79 Å². The second-order valence-corrected chi connectivity index (χ2v) is 6.09. The zero-order valence-electron chi connectivity index (χ0n) is 14.5. The van der Waals surface area contributed by atoms with E-state index in [1.165, 1.54) is 0 Å². The van der Waals surface area contributed by atoms with E-state index in [-0.39, 0.29) is 30.5 Å². The number of ether oxygens (including phenoxy) is 1. The SMILES string of the molecule is Cl.[C-]#[N+]c1ccc(CO[C@H]2CN[C@H](C(=O)Nc3ccc(C#N)cc3)C2)cc1. The molecule has 1 fully saturated rings. The Bertz CT molecular complexity index is 854. The molecule has 2 aromatic carbocycles. The molecule has 1 saturated heterocycles. The summed E-state index contributed by atoms with van der Waals surface area (Å²) in [4.78, 5) is 15.7. The maximum absolute atomic E-state index is 12.3. The Morgan fingerprint density at radius 1 is 1.26 bits per heavy atom. The summed E-state index contributed by atoms with van der Waals surface area (Å²) in [5, 5.41) is 14.8. The van der Waals surface area contributed by atoms with Crippen molar-refractivity contribution < 1.29 is 9.53 Å². The van der Waals surface area contributed by atoms with Crippen LogP contribution in [0.1, 0.15) is 17.5 Å². The monoisotopic (exact) mass is 382 g/mol. The van der Waals surface area contributed by atoms with Gasteiger partial charge in [0.15, 0.2) is 5.69 Å². The molecule has 0 radical (unpaired) electrons. The van der Waals surface area contributed by atoms with Crippen LogP contribution < -0.4 is 10.6 Å². The summed E-state index contributed by atoms with van der Waals surface area (Å²) in [6.45, 7) is 8.02. The third-order valence-corrected chi connectivity index (χ3v) is 4.24. The molecule has 2 aromatic rings. The largest absolute Gasteiger partial charge is 0.372 e. The van der Waals surface area contributed by atoms with Crippen molar-refractivity contribution in [1.29, 1.82) is 5.26 Å². The molecule has 3 rings (SSSR count). The lowest BCUT2D eigenvalue weighted by Gasteiger charge is -2.12. The lowest BCUT2D eigenvalue weighted by atomic mass is 10.1. The number of rotatable bonds is 5. The molecule has 0 saturated carbocycles. The Hall–Kier alpha value is -2.90. The fourth-order valence-electron chi connectivity index (χ4n) is 2.77. The van der Waals surface area contributed by atoms with E-state index in [0.29, 0.717) is 36.5 Å². The first-order valence-electron chi connectivity index (χ1n) is 8.30. The number of halogens is 1. The maximum atomic E-state index is 12.3. The highest BCUT2D eigenvalue weighted by Gasteiger charge is 2.30. The molecule has 0 aromatic heterocycles. The smallest absolute Gasteiger partial charge is 0.241 e. The molecule has 1 aliphatic rings. The Morgan fingerprint density at radius 3 is 2.59 bits per heavy atom. The Kier molecular flexibility index (Phi) is 7.34. The van der Waals surface area contributed by atoms with Gasteiger partial charge in [-0.2, -0.15) is 5.26 Å². The molecule has 0 spiro atoms. The topological polar surface area (TPSA) is 78.5 Å². The maximum Gasteiger partial charge on any atom is 0.241 e. The first kappa shape index (κ1) is 20.4. The number of carbonyl (C=O) groups is 1. The van der Waals surface area contributed by atoms with Crippen LogP contribution in [0, 0.1) is 17.9 Å². The van der Waals surface area contributed by atoms with Crippen LogP contribution in [0.5, 0.6) is 0 Å². The van der Waals surface area contributed by atoms with Crippen LogP contribution in [0.15, 0.2) is 48.5 Å². The van der Waals surface area contributed by atoms with Crippen LogP contribution in [0.4, 0.5) is 11.4 Å². The summed E-state index contributed by atoms with van der Waals surface area (Å²) >= 11 is 0. The zero-order valence-corrected chi connectivity index (χ0v) is 15.3. The summed E-state index contributed by atoms with van der Waals surface area (Å²) in [6.07, 6.45) is 0.565. The van der Waals surface area contributed by atoms with Crippen LogP contribution >= 0.6 is 12.4 Å².